The number of thioether (sulfide) groups is 1. The van der Waals surface area contributed by atoms with Gasteiger partial charge in [-0.05, 0) is 54.4 Å². The Balaban J connectivity index is 1.83. The van der Waals surface area contributed by atoms with E-state index in [4.69, 9.17) is 0 Å². The van der Waals surface area contributed by atoms with Crippen molar-refractivity contribution in [2.24, 2.45) is 0 Å². The van der Waals surface area contributed by atoms with E-state index < -0.39 is 11.4 Å². The van der Waals surface area contributed by atoms with E-state index in [0.29, 0.717) is 34.3 Å². The van der Waals surface area contributed by atoms with E-state index in [-0.39, 0.29) is 22.6 Å². The number of carbonyl (C=O) groups excluding carboxylic acids is 1. The first-order valence-electron chi connectivity index (χ1n) is 10.4. The van der Waals surface area contributed by atoms with Gasteiger partial charge in [-0.1, -0.05) is 43.0 Å². The van der Waals surface area contributed by atoms with E-state index in [1.54, 1.807) is 42.5 Å². The van der Waals surface area contributed by atoms with Crippen molar-refractivity contribution >= 4 is 28.6 Å². The van der Waals surface area contributed by atoms with Gasteiger partial charge in [0.05, 0.1) is 16.6 Å². The third-order valence-corrected chi connectivity index (χ3v) is 6.00. The minimum Gasteiger partial charge on any atom is -0.352 e. The van der Waals surface area contributed by atoms with Gasteiger partial charge in [-0.15, -0.1) is 0 Å². The normalized spacial score (nSPS) is 11.0. The number of rotatable bonds is 7. The number of halogens is 2. The van der Waals surface area contributed by atoms with E-state index in [9.17, 15) is 18.4 Å². The number of amides is 1. The number of hydrogen-bond acceptors (Lipinski definition) is 4. The fraction of sp³-hybridized carbons (Fsp3) is 0.160. The fourth-order valence-electron chi connectivity index (χ4n) is 3.34. The van der Waals surface area contributed by atoms with E-state index in [1.165, 1.54) is 28.8 Å². The molecule has 168 valence electrons. The highest BCUT2D eigenvalue weighted by Crippen LogP contribution is 2.26. The Bertz CT molecular complexity index is 1390. The summed E-state index contributed by atoms with van der Waals surface area (Å²) in [7, 11) is 0. The zero-order valence-electron chi connectivity index (χ0n) is 17.8. The van der Waals surface area contributed by atoms with Crippen LogP contribution in [0.25, 0.3) is 16.6 Å². The predicted octanol–water partition coefficient (Wildman–Crippen LogP) is 5.10. The first kappa shape index (κ1) is 22.7. The molecule has 0 spiro atoms. The van der Waals surface area contributed by atoms with E-state index in [1.807, 2.05) is 6.92 Å². The summed E-state index contributed by atoms with van der Waals surface area (Å²) in [5.74, 6) is -0.889. The summed E-state index contributed by atoms with van der Waals surface area (Å²) < 4.78 is 29.4. The first-order valence-corrected chi connectivity index (χ1v) is 11.4. The van der Waals surface area contributed by atoms with E-state index >= 15 is 0 Å². The first-order chi connectivity index (χ1) is 16.0. The molecule has 1 aromatic heterocycles. The smallest absolute Gasteiger partial charge is 0.266 e. The summed E-state index contributed by atoms with van der Waals surface area (Å²) in [4.78, 5) is 30.4. The van der Waals surface area contributed by atoms with Gasteiger partial charge < -0.3 is 5.32 Å². The summed E-state index contributed by atoms with van der Waals surface area (Å²) in [6.45, 7) is 2.49. The summed E-state index contributed by atoms with van der Waals surface area (Å²) >= 11 is 1.16. The maximum Gasteiger partial charge on any atom is 0.266 e. The van der Waals surface area contributed by atoms with Crippen LogP contribution < -0.4 is 10.9 Å². The van der Waals surface area contributed by atoms with Crippen LogP contribution in [0.1, 0.15) is 29.3 Å². The van der Waals surface area contributed by atoms with Gasteiger partial charge in [0.1, 0.15) is 11.6 Å². The molecule has 0 atom stereocenters. The minimum atomic E-state index is -0.493. The third kappa shape index (κ3) is 4.96. The van der Waals surface area contributed by atoms with Crippen LogP contribution in [-0.4, -0.2) is 22.0 Å². The van der Waals surface area contributed by atoms with Gasteiger partial charge >= 0.3 is 0 Å². The summed E-state index contributed by atoms with van der Waals surface area (Å²) in [5, 5.41) is 3.36. The van der Waals surface area contributed by atoms with Gasteiger partial charge in [-0.25, -0.2) is 13.8 Å². The lowest BCUT2D eigenvalue weighted by atomic mass is 10.1. The fourth-order valence-corrected chi connectivity index (χ4v) is 4.34. The van der Waals surface area contributed by atoms with Crippen LogP contribution in [0, 0.1) is 11.6 Å². The average Bonchev–Trinajstić information content (AvgIpc) is 2.81. The molecule has 0 aliphatic heterocycles. The zero-order chi connectivity index (χ0) is 23.4. The van der Waals surface area contributed by atoms with Gasteiger partial charge in [0.15, 0.2) is 5.16 Å². The molecule has 1 heterocycles. The lowest BCUT2D eigenvalue weighted by Gasteiger charge is -2.14. The van der Waals surface area contributed by atoms with E-state index in [0.717, 1.165) is 18.2 Å². The van der Waals surface area contributed by atoms with Gasteiger partial charge in [0.25, 0.3) is 11.5 Å². The van der Waals surface area contributed by atoms with Crippen molar-refractivity contribution in [3.05, 3.63) is 99.8 Å². The molecule has 1 amide bonds. The Kier molecular flexibility index (Phi) is 6.84. The highest BCUT2D eigenvalue weighted by molar-refractivity contribution is 7.98. The zero-order valence-corrected chi connectivity index (χ0v) is 18.7. The maximum absolute atomic E-state index is 14.1. The Morgan fingerprint density at radius 3 is 2.64 bits per heavy atom. The summed E-state index contributed by atoms with van der Waals surface area (Å²) in [5.41, 5.74) is 1.09. The Hall–Kier alpha value is -3.52. The Morgan fingerprint density at radius 1 is 1.06 bits per heavy atom. The van der Waals surface area contributed by atoms with Gasteiger partial charge in [-0.2, -0.15) is 0 Å². The van der Waals surface area contributed by atoms with Crippen LogP contribution in [0.4, 0.5) is 8.78 Å². The lowest BCUT2D eigenvalue weighted by molar-refractivity contribution is 0.0953. The summed E-state index contributed by atoms with van der Waals surface area (Å²) in [6.07, 6.45) is 0.798. The van der Waals surface area contributed by atoms with Crippen molar-refractivity contribution in [2.45, 2.75) is 24.3 Å². The molecule has 3 aromatic carbocycles. The molecule has 0 aliphatic rings. The van der Waals surface area contributed by atoms with Crippen molar-refractivity contribution in [1.29, 1.82) is 0 Å². The number of nitrogens with one attached hydrogen (secondary N) is 1. The second-order valence-corrected chi connectivity index (χ2v) is 8.33. The maximum atomic E-state index is 14.1. The monoisotopic (exact) mass is 465 g/mol. The highest BCUT2D eigenvalue weighted by Gasteiger charge is 2.16. The molecule has 0 unspecified atom stereocenters. The van der Waals surface area contributed by atoms with Gasteiger partial charge in [0, 0.05) is 17.9 Å². The van der Waals surface area contributed by atoms with Crippen molar-refractivity contribution in [1.82, 2.24) is 14.9 Å². The summed E-state index contributed by atoms with van der Waals surface area (Å²) in [6, 6.07) is 16.7. The minimum absolute atomic E-state index is 0.219. The molecular weight excluding hydrogens is 444 g/mol. The molecule has 0 fully saturated rings. The topological polar surface area (TPSA) is 64.0 Å². The number of carbonyl (C=O) groups is 1. The molecule has 0 saturated carbocycles. The lowest BCUT2D eigenvalue weighted by Crippen LogP contribution is -2.25. The highest BCUT2D eigenvalue weighted by atomic mass is 32.2. The number of aromatic nitrogens is 2. The van der Waals surface area contributed by atoms with Crippen LogP contribution in [-0.2, 0) is 5.75 Å². The Labute approximate surface area is 193 Å². The molecule has 5 nitrogen and oxygen atoms in total. The van der Waals surface area contributed by atoms with Crippen molar-refractivity contribution in [3.8, 4) is 5.69 Å². The van der Waals surface area contributed by atoms with E-state index in [2.05, 4.69) is 10.3 Å². The molecule has 4 aromatic rings. The number of hydrogen-bond donors (Lipinski definition) is 1. The molecule has 1 N–H and O–H groups in total. The number of fused-ring (bicyclic) bond motifs is 1. The second kappa shape index (κ2) is 9.95. The molecular formula is C25H21F2N3O2S. The average molecular weight is 466 g/mol. The molecule has 0 aliphatic carbocycles. The van der Waals surface area contributed by atoms with Crippen molar-refractivity contribution in [3.63, 3.8) is 0 Å². The van der Waals surface area contributed by atoms with Crippen molar-refractivity contribution < 1.29 is 13.6 Å². The Morgan fingerprint density at radius 2 is 1.88 bits per heavy atom. The predicted molar refractivity (Wildman–Crippen MR) is 126 cm³/mol. The molecule has 0 saturated heterocycles. The number of nitrogens with zero attached hydrogens (tertiary/aromatic N) is 2. The second-order valence-electron chi connectivity index (χ2n) is 7.38. The number of benzene rings is 3. The van der Waals surface area contributed by atoms with Crippen LogP contribution in [0.2, 0.25) is 0 Å². The SMILES string of the molecule is CCCNC(=O)c1ccc2c(=O)n(-c3cccc(F)c3)c(SCc3ccccc3F)nc2c1. The van der Waals surface area contributed by atoms with Crippen LogP contribution in [0.5, 0.6) is 0 Å². The molecule has 0 bridgehead atoms. The van der Waals surface area contributed by atoms with Crippen LogP contribution >= 0.6 is 11.8 Å². The van der Waals surface area contributed by atoms with Gasteiger partial charge in [0.2, 0.25) is 0 Å². The van der Waals surface area contributed by atoms with Gasteiger partial charge in [-0.3, -0.25) is 14.2 Å². The molecule has 0 radical (unpaired) electrons. The van der Waals surface area contributed by atoms with Crippen LogP contribution in [0.15, 0.2) is 76.7 Å². The third-order valence-electron chi connectivity index (χ3n) is 5.02. The molecule has 8 heteroatoms. The van der Waals surface area contributed by atoms with Crippen molar-refractivity contribution in [2.75, 3.05) is 6.54 Å². The molecule has 33 heavy (non-hydrogen) atoms. The largest absolute Gasteiger partial charge is 0.352 e. The quantitative estimate of drug-likeness (QED) is 0.305. The molecule has 4 rings (SSSR count). The van der Waals surface area contributed by atoms with Crippen LogP contribution in [0.3, 0.4) is 0 Å². The standard InChI is InChI=1S/C25H21F2N3O2S/c1-2-12-28-23(31)16-10-11-20-22(13-16)29-25(33-15-17-6-3-4-9-21(17)27)30(24(20)32)19-8-5-7-18(26)14-19/h3-11,13-14H,2,12,15H2,1H3,(H,28,31).